The van der Waals surface area contributed by atoms with Crippen LogP contribution in [-0.4, -0.2) is 23.0 Å². The molecule has 3 atom stereocenters. The fourth-order valence-corrected chi connectivity index (χ4v) is 5.54. The van der Waals surface area contributed by atoms with E-state index in [-0.39, 0.29) is 11.6 Å². The molecule has 0 aromatic heterocycles. The molecule has 1 N–H and O–H groups in total. The minimum absolute atomic E-state index is 0.0181. The number of rotatable bonds is 6. The first kappa shape index (κ1) is 19.3. The molecule has 0 saturated heterocycles. The molecule has 0 fully saturated rings. The molecule has 3 rings (SSSR count). The number of hydrogen-bond acceptors (Lipinski definition) is 3. The average molecular weight is 372 g/mol. The Bertz CT molecular complexity index is 721. The Morgan fingerprint density at radius 3 is 2.62 bits per heavy atom. The predicted molar refractivity (Wildman–Crippen MR) is 108 cm³/mol. The van der Waals surface area contributed by atoms with Crippen molar-refractivity contribution in [1.29, 1.82) is 0 Å². The van der Waals surface area contributed by atoms with Crippen molar-refractivity contribution in [3.63, 3.8) is 0 Å². The Balaban J connectivity index is 2.11. The molecule has 1 aliphatic rings. The van der Waals surface area contributed by atoms with Crippen molar-refractivity contribution in [2.45, 2.75) is 56.0 Å². The van der Waals surface area contributed by atoms with E-state index in [4.69, 9.17) is 4.74 Å². The molecule has 0 amide bonds. The van der Waals surface area contributed by atoms with Gasteiger partial charge in [-0.2, -0.15) is 0 Å². The lowest BCUT2D eigenvalue weighted by molar-refractivity contribution is 0.294. The normalized spacial score (nSPS) is 25.4. The van der Waals surface area contributed by atoms with Crippen molar-refractivity contribution in [3.05, 3.63) is 59.7 Å². The Morgan fingerprint density at radius 1 is 1.19 bits per heavy atom. The van der Waals surface area contributed by atoms with Gasteiger partial charge in [0.25, 0.3) is 0 Å². The van der Waals surface area contributed by atoms with Gasteiger partial charge in [-0.1, -0.05) is 57.0 Å². The van der Waals surface area contributed by atoms with Crippen LogP contribution in [0.25, 0.3) is 0 Å². The van der Waals surface area contributed by atoms with Gasteiger partial charge in [-0.05, 0) is 47.8 Å². The van der Waals surface area contributed by atoms with E-state index in [0.717, 1.165) is 41.9 Å². The third kappa shape index (κ3) is 3.93. The van der Waals surface area contributed by atoms with E-state index >= 15 is 0 Å². The van der Waals surface area contributed by atoms with Gasteiger partial charge in [0, 0.05) is 5.56 Å². The summed E-state index contributed by atoms with van der Waals surface area (Å²) < 4.78 is 18.7. The zero-order valence-corrected chi connectivity index (χ0v) is 16.8. The number of hydrogen-bond donors (Lipinski definition) is 1. The second kappa shape index (κ2) is 8.47. The molecular formula is C22H29NO2S. The number of unbranched alkanes of at least 4 members (excludes halogenated alkanes) is 1. The topological polar surface area (TPSA) is 44.3 Å². The third-order valence-corrected chi connectivity index (χ3v) is 7.13. The maximum absolute atomic E-state index is 13.2. The van der Waals surface area contributed by atoms with E-state index in [0.29, 0.717) is 5.75 Å². The van der Waals surface area contributed by atoms with Crippen LogP contribution in [0, 0.1) is 0 Å². The molecule has 2 aromatic rings. The summed E-state index contributed by atoms with van der Waals surface area (Å²) in [4.78, 5) is 0.930. The van der Waals surface area contributed by atoms with Gasteiger partial charge in [0.2, 0.25) is 0 Å². The molecule has 1 unspecified atom stereocenters. The highest BCUT2D eigenvalue weighted by Crippen LogP contribution is 2.39. The molecule has 1 heterocycles. The van der Waals surface area contributed by atoms with Gasteiger partial charge in [-0.15, -0.1) is 0 Å². The quantitative estimate of drug-likeness (QED) is 0.739. The highest BCUT2D eigenvalue weighted by atomic mass is 32.2. The monoisotopic (exact) mass is 371 g/mol. The van der Waals surface area contributed by atoms with Crippen LogP contribution in [0.1, 0.15) is 56.7 Å². The van der Waals surface area contributed by atoms with Crippen molar-refractivity contribution in [3.8, 4) is 5.75 Å². The second-order valence-electron chi connectivity index (χ2n) is 7.12. The molecule has 3 nitrogen and oxygen atoms in total. The van der Waals surface area contributed by atoms with Crippen LogP contribution < -0.4 is 10.1 Å². The van der Waals surface area contributed by atoms with Crippen LogP contribution in [0.4, 0.5) is 0 Å². The average Bonchev–Trinajstić information content (AvgIpc) is 2.81. The van der Waals surface area contributed by atoms with Crippen molar-refractivity contribution in [1.82, 2.24) is 5.32 Å². The highest BCUT2D eigenvalue weighted by molar-refractivity contribution is 7.91. The second-order valence-corrected chi connectivity index (χ2v) is 8.54. The molecule has 2 aromatic carbocycles. The van der Waals surface area contributed by atoms with Gasteiger partial charge in [0.15, 0.2) is 4.90 Å². The van der Waals surface area contributed by atoms with E-state index in [1.54, 1.807) is 7.11 Å². The summed E-state index contributed by atoms with van der Waals surface area (Å²) in [6.07, 6.45) is 4.29. The van der Waals surface area contributed by atoms with E-state index in [9.17, 15) is 4.55 Å². The minimum atomic E-state index is -1.03. The summed E-state index contributed by atoms with van der Waals surface area (Å²) in [6, 6.07) is 16.4. The maximum Gasteiger partial charge on any atom is 0.158 e. The molecule has 0 saturated carbocycles. The van der Waals surface area contributed by atoms with E-state index in [2.05, 4.69) is 43.4 Å². The lowest BCUT2D eigenvalue weighted by Crippen LogP contribution is -2.50. The van der Waals surface area contributed by atoms with Crippen LogP contribution >= 0.6 is 0 Å². The maximum atomic E-state index is 13.2. The number of benzene rings is 2. The van der Waals surface area contributed by atoms with Gasteiger partial charge in [-0.3, -0.25) is 5.32 Å². The Kier molecular flexibility index (Phi) is 6.28. The minimum Gasteiger partial charge on any atom is -0.611 e. The lowest BCUT2D eigenvalue weighted by Gasteiger charge is -2.35. The zero-order valence-electron chi connectivity index (χ0n) is 16.0. The van der Waals surface area contributed by atoms with Crippen LogP contribution in [0.3, 0.4) is 0 Å². The summed E-state index contributed by atoms with van der Waals surface area (Å²) in [5.74, 6) is 1.47. The van der Waals surface area contributed by atoms with Crippen LogP contribution in [0.2, 0.25) is 0 Å². The molecule has 1 aliphatic heterocycles. The first-order valence-corrected chi connectivity index (χ1v) is 10.8. The Morgan fingerprint density at radius 2 is 1.96 bits per heavy atom. The van der Waals surface area contributed by atoms with E-state index in [1.165, 1.54) is 5.56 Å². The van der Waals surface area contributed by atoms with Crippen molar-refractivity contribution in [2.75, 3.05) is 12.9 Å². The summed E-state index contributed by atoms with van der Waals surface area (Å²) in [5, 5.41) is 3.92. The molecule has 0 spiro atoms. The lowest BCUT2D eigenvalue weighted by atomic mass is 9.88. The van der Waals surface area contributed by atoms with E-state index in [1.807, 2.05) is 24.3 Å². The summed E-state index contributed by atoms with van der Waals surface area (Å²) >= 11 is -1.03. The Labute approximate surface area is 160 Å². The van der Waals surface area contributed by atoms with Crippen molar-refractivity contribution >= 4 is 11.2 Å². The van der Waals surface area contributed by atoms with Crippen LogP contribution in [-0.2, 0) is 11.2 Å². The van der Waals surface area contributed by atoms with Crippen LogP contribution in [0.5, 0.6) is 5.75 Å². The van der Waals surface area contributed by atoms with Gasteiger partial charge in [-0.25, -0.2) is 0 Å². The largest absolute Gasteiger partial charge is 0.611 e. The SMILES string of the molecule is CCCC[C@@]1(CC)C[S@+]([O-])c2ccc(OC)cc2C(c2ccccc2)N1. The smallest absolute Gasteiger partial charge is 0.158 e. The number of fused-ring (bicyclic) bond motifs is 1. The summed E-state index contributed by atoms with van der Waals surface area (Å²) in [7, 11) is 1.68. The summed E-state index contributed by atoms with van der Waals surface area (Å²) in [5.41, 5.74) is 2.16. The molecule has 4 heteroatoms. The third-order valence-electron chi connectivity index (χ3n) is 5.45. The molecular weight excluding hydrogens is 342 g/mol. The molecule has 0 bridgehead atoms. The predicted octanol–water partition coefficient (Wildman–Crippen LogP) is 4.83. The van der Waals surface area contributed by atoms with Crippen LogP contribution in [0.15, 0.2) is 53.4 Å². The Hall–Kier alpha value is -1.49. The number of methoxy groups -OCH3 is 1. The van der Waals surface area contributed by atoms with Gasteiger partial charge >= 0.3 is 0 Å². The van der Waals surface area contributed by atoms with E-state index < -0.39 is 11.2 Å². The highest BCUT2D eigenvalue weighted by Gasteiger charge is 2.41. The van der Waals surface area contributed by atoms with Gasteiger partial charge in [0.1, 0.15) is 11.5 Å². The molecule has 26 heavy (non-hydrogen) atoms. The standard InChI is InChI=1S/C22H29NO2S/c1-4-6-14-22(5-2)16-26(24)20-13-12-18(25-3)15-19(20)21(23-22)17-10-8-7-9-11-17/h7-13,15,21,23H,4-6,14,16H2,1-3H3/t21?,22-,26-/m0/s1. The zero-order chi connectivity index (χ0) is 18.6. The molecule has 0 aliphatic carbocycles. The van der Waals surface area contributed by atoms with Crippen molar-refractivity contribution < 1.29 is 9.29 Å². The first-order chi connectivity index (χ1) is 12.6. The summed E-state index contributed by atoms with van der Waals surface area (Å²) in [6.45, 7) is 4.42. The number of ether oxygens (including phenoxy) is 1. The fourth-order valence-electron chi connectivity index (χ4n) is 3.79. The van der Waals surface area contributed by atoms with Gasteiger partial charge in [0.05, 0.1) is 18.7 Å². The van der Waals surface area contributed by atoms with Crippen molar-refractivity contribution in [2.24, 2.45) is 0 Å². The fraction of sp³-hybridized carbons (Fsp3) is 0.455. The molecule has 140 valence electrons. The first-order valence-electron chi connectivity index (χ1n) is 9.51. The van der Waals surface area contributed by atoms with Gasteiger partial charge < -0.3 is 9.29 Å². The molecule has 0 radical (unpaired) electrons. The number of nitrogens with one attached hydrogen (secondary N) is 1.